The average Bonchev–Trinajstić information content (AvgIpc) is 2.94. The van der Waals surface area contributed by atoms with Gasteiger partial charge in [0.15, 0.2) is 0 Å². The molecule has 0 bridgehead atoms. The van der Waals surface area contributed by atoms with Gasteiger partial charge in [0.2, 0.25) is 0 Å². The molecule has 128 valence electrons. The maximum absolute atomic E-state index is 12.6. The van der Waals surface area contributed by atoms with E-state index in [1.165, 1.54) is 51.3 Å². The molecule has 2 heterocycles. The number of piperidine rings is 1. The summed E-state index contributed by atoms with van der Waals surface area (Å²) in [5, 5.41) is 7.22. The van der Waals surface area contributed by atoms with Crippen molar-refractivity contribution >= 4 is 6.03 Å². The van der Waals surface area contributed by atoms with Crippen LogP contribution in [-0.4, -0.2) is 44.8 Å². The first kappa shape index (κ1) is 16.3. The first-order valence-electron chi connectivity index (χ1n) is 9.05. The molecule has 1 aliphatic carbocycles. The molecule has 1 saturated carbocycles. The van der Waals surface area contributed by atoms with Gasteiger partial charge in [-0.25, -0.2) is 9.78 Å². The van der Waals surface area contributed by atoms with Crippen LogP contribution in [-0.2, 0) is 6.54 Å². The molecule has 1 saturated heterocycles. The van der Waals surface area contributed by atoms with E-state index in [0.29, 0.717) is 12.0 Å². The fourth-order valence-corrected chi connectivity index (χ4v) is 4.22. The molecule has 0 aromatic carbocycles. The van der Waals surface area contributed by atoms with Crippen molar-refractivity contribution in [2.24, 2.45) is 5.41 Å². The molecule has 2 amide bonds. The summed E-state index contributed by atoms with van der Waals surface area (Å²) in [6, 6.07) is 0.136. The molecule has 3 rings (SSSR count). The average molecular weight is 319 g/mol. The molecule has 0 radical (unpaired) electrons. The number of nitrogens with one attached hydrogen (secondary N) is 1. The molecule has 1 N–H and O–H groups in total. The summed E-state index contributed by atoms with van der Waals surface area (Å²) in [4.78, 5) is 18.6. The second-order valence-electron chi connectivity index (χ2n) is 7.41. The molecular weight excluding hydrogens is 290 g/mol. The normalized spacial score (nSPS) is 22.6. The summed E-state index contributed by atoms with van der Waals surface area (Å²) < 4.78 is 1.76. The second-order valence-corrected chi connectivity index (χ2v) is 7.41. The van der Waals surface area contributed by atoms with E-state index in [1.807, 2.05) is 11.8 Å². The first-order valence-corrected chi connectivity index (χ1v) is 9.05. The van der Waals surface area contributed by atoms with E-state index in [0.717, 1.165) is 19.5 Å². The number of hydrogen-bond donors (Lipinski definition) is 1. The highest BCUT2D eigenvalue weighted by molar-refractivity contribution is 5.74. The highest BCUT2D eigenvalue weighted by atomic mass is 16.2. The number of hydrogen-bond acceptors (Lipinski definition) is 3. The number of rotatable bonds is 3. The number of likely N-dealkylation sites (tertiary alicyclic amines) is 1. The molecule has 1 aromatic heterocycles. The Morgan fingerprint density at radius 2 is 1.96 bits per heavy atom. The van der Waals surface area contributed by atoms with Gasteiger partial charge in [-0.15, -0.1) is 0 Å². The van der Waals surface area contributed by atoms with E-state index in [1.54, 1.807) is 11.0 Å². The molecule has 0 unspecified atom stereocenters. The van der Waals surface area contributed by atoms with E-state index in [-0.39, 0.29) is 12.1 Å². The van der Waals surface area contributed by atoms with Gasteiger partial charge in [-0.2, -0.15) is 5.10 Å². The van der Waals surface area contributed by atoms with Gasteiger partial charge in [0.05, 0.1) is 6.54 Å². The number of carbonyl (C=O) groups excluding carboxylic acids is 1. The lowest BCUT2D eigenvalue weighted by Crippen LogP contribution is -2.52. The van der Waals surface area contributed by atoms with E-state index >= 15 is 0 Å². The largest absolute Gasteiger partial charge is 0.334 e. The lowest BCUT2D eigenvalue weighted by molar-refractivity contribution is 0.0893. The molecule has 6 heteroatoms. The third kappa shape index (κ3) is 4.24. The van der Waals surface area contributed by atoms with Crippen LogP contribution < -0.4 is 5.32 Å². The van der Waals surface area contributed by atoms with Crippen LogP contribution in [0.1, 0.15) is 58.3 Å². The van der Waals surface area contributed by atoms with Gasteiger partial charge in [-0.05, 0) is 38.0 Å². The van der Waals surface area contributed by atoms with Crippen LogP contribution in [0.15, 0.2) is 12.7 Å². The Kier molecular flexibility index (Phi) is 5.18. The molecular formula is C17H29N5O. The Hall–Kier alpha value is -1.59. The number of amides is 2. The summed E-state index contributed by atoms with van der Waals surface area (Å²) in [5.41, 5.74) is 0.390. The summed E-state index contributed by atoms with van der Waals surface area (Å²) in [5.74, 6) is 0. The zero-order valence-corrected chi connectivity index (χ0v) is 14.2. The third-order valence-corrected chi connectivity index (χ3v) is 5.41. The van der Waals surface area contributed by atoms with Crippen molar-refractivity contribution in [1.82, 2.24) is 25.0 Å². The number of urea groups is 1. The number of nitrogens with zero attached hydrogens (tertiary/aromatic N) is 4. The van der Waals surface area contributed by atoms with Gasteiger partial charge in [0.25, 0.3) is 0 Å². The van der Waals surface area contributed by atoms with Crippen molar-refractivity contribution in [3.05, 3.63) is 12.7 Å². The Morgan fingerprint density at radius 3 is 2.65 bits per heavy atom. The van der Waals surface area contributed by atoms with E-state index in [2.05, 4.69) is 15.4 Å². The zero-order valence-electron chi connectivity index (χ0n) is 14.2. The fourth-order valence-electron chi connectivity index (χ4n) is 4.22. The first-order chi connectivity index (χ1) is 11.2. The van der Waals surface area contributed by atoms with Gasteiger partial charge in [0, 0.05) is 19.1 Å². The Bertz CT molecular complexity index is 493. The Labute approximate surface area is 138 Å². The summed E-state index contributed by atoms with van der Waals surface area (Å²) in [6.45, 7) is 4.51. The van der Waals surface area contributed by atoms with Crippen molar-refractivity contribution in [2.45, 2.75) is 70.9 Å². The zero-order chi connectivity index (χ0) is 16.1. The molecule has 6 nitrogen and oxygen atoms in total. The minimum Gasteiger partial charge on any atom is -0.334 e. The Morgan fingerprint density at radius 1 is 1.22 bits per heavy atom. The minimum atomic E-state index is 0.0520. The van der Waals surface area contributed by atoms with Crippen LogP contribution in [0.2, 0.25) is 0 Å². The van der Waals surface area contributed by atoms with Crippen LogP contribution in [0.5, 0.6) is 0 Å². The maximum atomic E-state index is 12.6. The van der Waals surface area contributed by atoms with E-state index in [9.17, 15) is 4.79 Å². The number of carbonyl (C=O) groups is 1. The van der Waals surface area contributed by atoms with Gasteiger partial charge >= 0.3 is 6.03 Å². The fraction of sp³-hybridized carbons (Fsp3) is 0.824. The highest BCUT2D eigenvalue weighted by Gasteiger charge is 2.37. The Balaban J connectivity index is 1.54. The van der Waals surface area contributed by atoms with Crippen LogP contribution in [0.3, 0.4) is 0 Å². The van der Waals surface area contributed by atoms with Crippen LogP contribution in [0, 0.1) is 5.41 Å². The highest BCUT2D eigenvalue weighted by Crippen LogP contribution is 2.42. The molecule has 2 fully saturated rings. The predicted octanol–water partition coefficient (Wildman–Crippen LogP) is 2.81. The quantitative estimate of drug-likeness (QED) is 0.932. The van der Waals surface area contributed by atoms with Crippen molar-refractivity contribution in [1.29, 1.82) is 0 Å². The van der Waals surface area contributed by atoms with Crippen molar-refractivity contribution < 1.29 is 4.79 Å². The van der Waals surface area contributed by atoms with Crippen molar-refractivity contribution in [3.63, 3.8) is 0 Å². The van der Waals surface area contributed by atoms with Crippen LogP contribution >= 0.6 is 0 Å². The van der Waals surface area contributed by atoms with Crippen molar-refractivity contribution in [2.75, 3.05) is 13.1 Å². The maximum Gasteiger partial charge on any atom is 0.317 e. The van der Waals surface area contributed by atoms with E-state index < -0.39 is 0 Å². The van der Waals surface area contributed by atoms with Crippen molar-refractivity contribution in [3.8, 4) is 0 Å². The SMILES string of the molecule is C[C@@H](Cn1cncn1)NC(=O)N1CCCC2(CCCCCC2)C1. The van der Waals surface area contributed by atoms with E-state index in [4.69, 9.17) is 0 Å². The predicted molar refractivity (Wildman–Crippen MR) is 89.0 cm³/mol. The lowest BCUT2D eigenvalue weighted by Gasteiger charge is -2.43. The second kappa shape index (κ2) is 7.32. The summed E-state index contributed by atoms with van der Waals surface area (Å²) >= 11 is 0. The smallest absolute Gasteiger partial charge is 0.317 e. The van der Waals surface area contributed by atoms with Gasteiger partial charge in [-0.1, -0.05) is 25.7 Å². The number of aromatic nitrogens is 3. The standard InChI is InChI=1S/C17H29N5O/c1-15(11-22-14-18-13-19-22)20-16(23)21-10-6-9-17(12-21)7-4-2-3-5-8-17/h13-15H,2-12H2,1H3,(H,20,23)/t15-/m0/s1. The topological polar surface area (TPSA) is 63.1 Å². The molecule has 1 aliphatic heterocycles. The molecule has 1 aromatic rings. The van der Waals surface area contributed by atoms with Gasteiger partial charge in [0.1, 0.15) is 12.7 Å². The minimum absolute atomic E-state index is 0.0520. The summed E-state index contributed by atoms with van der Waals surface area (Å²) in [6.07, 6.45) is 13.6. The third-order valence-electron chi connectivity index (χ3n) is 5.41. The molecule has 23 heavy (non-hydrogen) atoms. The van der Waals surface area contributed by atoms with Crippen LogP contribution in [0.25, 0.3) is 0 Å². The van der Waals surface area contributed by atoms with Crippen LogP contribution in [0.4, 0.5) is 4.79 Å². The van der Waals surface area contributed by atoms with Gasteiger partial charge in [-0.3, -0.25) is 4.68 Å². The molecule has 1 spiro atoms. The van der Waals surface area contributed by atoms with Gasteiger partial charge < -0.3 is 10.2 Å². The summed E-state index contributed by atoms with van der Waals surface area (Å²) in [7, 11) is 0. The molecule has 2 aliphatic rings. The lowest BCUT2D eigenvalue weighted by atomic mass is 9.74. The molecule has 1 atom stereocenters. The monoisotopic (exact) mass is 319 g/mol.